The number of aromatic carboxylic acids is 1. The van der Waals surface area contributed by atoms with Crippen LogP contribution in [0.15, 0.2) is 79.4 Å². The predicted octanol–water partition coefficient (Wildman–Crippen LogP) is 6.02. The SMILES string of the molecule is C=CCCC(=O)N(CCOc1ccc(C(=O)O)cc1)c1ccc(NC(=O)Nc2ccccc2C)c(C)c1. The average molecular weight is 502 g/mol. The second-order valence-corrected chi connectivity index (χ2v) is 8.44. The standard InChI is InChI=1S/C29H31N3O5/c1-4-5-10-27(33)32(17-18-37-24-14-11-22(12-15-24)28(34)35)23-13-16-26(21(3)19-23)31-29(36)30-25-9-7-6-8-20(25)2/h4,6-9,11-16,19H,1,5,10,17-18H2,2-3H3,(H,34,35)(H2,30,31,36). The molecule has 0 aliphatic carbocycles. The van der Waals surface area contributed by atoms with E-state index in [9.17, 15) is 14.4 Å². The highest BCUT2D eigenvalue weighted by molar-refractivity contribution is 6.01. The van der Waals surface area contributed by atoms with Gasteiger partial charge in [0.2, 0.25) is 5.91 Å². The van der Waals surface area contributed by atoms with Crippen LogP contribution in [0.2, 0.25) is 0 Å². The number of para-hydroxylation sites is 1. The number of carboxylic acid groups (broad SMARTS) is 1. The summed E-state index contributed by atoms with van der Waals surface area (Å²) in [5.74, 6) is -0.576. The van der Waals surface area contributed by atoms with Crippen LogP contribution in [-0.4, -0.2) is 36.2 Å². The van der Waals surface area contributed by atoms with Crippen molar-refractivity contribution in [2.45, 2.75) is 26.7 Å². The number of allylic oxidation sites excluding steroid dienone is 1. The number of aryl methyl sites for hydroxylation is 2. The highest BCUT2D eigenvalue weighted by Crippen LogP contribution is 2.24. The Labute approximate surface area is 216 Å². The fraction of sp³-hybridized carbons (Fsp3) is 0.207. The summed E-state index contributed by atoms with van der Waals surface area (Å²) < 4.78 is 5.75. The van der Waals surface area contributed by atoms with E-state index in [1.165, 1.54) is 12.1 Å². The third-order valence-electron chi connectivity index (χ3n) is 5.71. The Bertz CT molecular complexity index is 1270. The zero-order valence-corrected chi connectivity index (χ0v) is 21.0. The molecule has 0 bridgehead atoms. The number of carbonyl (C=O) groups is 3. The molecule has 0 heterocycles. The van der Waals surface area contributed by atoms with E-state index in [1.54, 1.807) is 35.2 Å². The number of hydrogen-bond donors (Lipinski definition) is 3. The third kappa shape index (κ3) is 7.70. The quantitative estimate of drug-likeness (QED) is 0.278. The van der Waals surface area contributed by atoms with Crippen molar-refractivity contribution >= 4 is 35.0 Å². The number of rotatable bonds is 11. The number of carboxylic acids is 1. The molecule has 0 saturated carbocycles. The van der Waals surface area contributed by atoms with Gasteiger partial charge in [-0.1, -0.05) is 24.3 Å². The fourth-order valence-corrected chi connectivity index (χ4v) is 3.65. The molecule has 3 rings (SSSR count). The van der Waals surface area contributed by atoms with Gasteiger partial charge in [-0.25, -0.2) is 9.59 Å². The lowest BCUT2D eigenvalue weighted by molar-refractivity contribution is -0.118. The largest absolute Gasteiger partial charge is 0.492 e. The maximum Gasteiger partial charge on any atom is 0.335 e. The monoisotopic (exact) mass is 501 g/mol. The van der Waals surface area contributed by atoms with E-state index in [2.05, 4.69) is 17.2 Å². The number of nitrogens with one attached hydrogen (secondary N) is 2. The first-order valence-electron chi connectivity index (χ1n) is 11.9. The van der Waals surface area contributed by atoms with E-state index in [-0.39, 0.29) is 30.7 Å². The number of hydrogen-bond acceptors (Lipinski definition) is 4. The van der Waals surface area contributed by atoms with Crippen LogP contribution in [0.5, 0.6) is 5.75 Å². The van der Waals surface area contributed by atoms with Gasteiger partial charge in [-0.2, -0.15) is 0 Å². The average Bonchev–Trinajstić information content (AvgIpc) is 2.88. The van der Waals surface area contributed by atoms with Crippen molar-refractivity contribution in [3.05, 3.63) is 96.1 Å². The minimum absolute atomic E-state index is 0.0814. The molecule has 0 aromatic heterocycles. The molecule has 3 aromatic rings. The number of anilines is 3. The summed E-state index contributed by atoms with van der Waals surface area (Å²) in [6.07, 6.45) is 2.54. The van der Waals surface area contributed by atoms with Crippen molar-refractivity contribution in [1.29, 1.82) is 0 Å². The van der Waals surface area contributed by atoms with Crippen molar-refractivity contribution in [3.63, 3.8) is 0 Å². The fourth-order valence-electron chi connectivity index (χ4n) is 3.65. The summed E-state index contributed by atoms with van der Waals surface area (Å²) in [4.78, 5) is 38.1. The first-order chi connectivity index (χ1) is 17.8. The Kier molecular flexibility index (Phi) is 9.43. The molecule has 0 aliphatic heterocycles. The summed E-state index contributed by atoms with van der Waals surface area (Å²) in [7, 11) is 0. The minimum atomic E-state index is -1.01. The van der Waals surface area contributed by atoms with Crippen molar-refractivity contribution in [1.82, 2.24) is 0 Å². The van der Waals surface area contributed by atoms with Gasteiger partial charge in [0.05, 0.1) is 12.1 Å². The Morgan fingerprint density at radius 2 is 1.62 bits per heavy atom. The molecular weight excluding hydrogens is 470 g/mol. The third-order valence-corrected chi connectivity index (χ3v) is 5.71. The van der Waals surface area contributed by atoms with Crippen LogP contribution in [-0.2, 0) is 4.79 Å². The molecule has 0 unspecified atom stereocenters. The molecular formula is C29H31N3O5. The molecule has 0 fully saturated rings. The highest BCUT2D eigenvalue weighted by atomic mass is 16.5. The van der Waals surface area contributed by atoms with Crippen LogP contribution in [0, 0.1) is 13.8 Å². The van der Waals surface area contributed by atoms with Crippen molar-refractivity contribution in [2.75, 3.05) is 28.7 Å². The Hall–Kier alpha value is -4.59. The molecule has 0 aliphatic rings. The lowest BCUT2D eigenvalue weighted by Crippen LogP contribution is -2.34. The number of amides is 3. The van der Waals surface area contributed by atoms with E-state index in [1.807, 2.05) is 44.2 Å². The number of urea groups is 1. The maximum atomic E-state index is 13.0. The molecule has 0 atom stereocenters. The molecule has 0 spiro atoms. The second kappa shape index (κ2) is 12.9. The zero-order chi connectivity index (χ0) is 26.8. The molecule has 192 valence electrons. The van der Waals surface area contributed by atoms with Gasteiger partial charge >= 0.3 is 12.0 Å². The number of nitrogens with zero attached hydrogens (tertiary/aromatic N) is 1. The molecule has 0 radical (unpaired) electrons. The van der Waals surface area contributed by atoms with E-state index in [0.29, 0.717) is 30.0 Å². The van der Waals surface area contributed by atoms with Gasteiger partial charge in [0.25, 0.3) is 0 Å². The van der Waals surface area contributed by atoms with Gasteiger partial charge in [0.1, 0.15) is 12.4 Å². The van der Waals surface area contributed by atoms with Gasteiger partial charge in [-0.15, -0.1) is 6.58 Å². The van der Waals surface area contributed by atoms with Crippen LogP contribution in [0.4, 0.5) is 21.9 Å². The molecule has 3 aromatic carbocycles. The first-order valence-corrected chi connectivity index (χ1v) is 11.9. The summed E-state index contributed by atoms with van der Waals surface area (Å²) in [6, 6.07) is 18.7. The van der Waals surface area contributed by atoms with Gasteiger partial charge in [-0.3, -0.25) is 4.79 Å². The van der Waals surface area contributed by atoms with E-state index in [4.69, 9.17) is 9.84 Å². The lowest BCUT2D eigenvalue weighted by Gasteiger charge is -2.24. The zero-order valence-electron chi connectivity index (χ0n) is 21.0. The van der Waals surface area contributed by atoms with Crippen LogP contribution in [0.3, 0.4) is 0 Å². The van der Waals surface area contributed by atoms with Crippen LogP contribution in [0.25, 0.3) is 0 Å². The van der Waals surface area contributed by atoms with E-state index >= 15 is 0 Å². The summed E-state index contributed by atoms with van der Waals surface area (Å²) in [5.41, 5.74) is 3.96. The van der Waals surface area contributed by atoms with Gasteiger partial charge in [0, 0.05) is 23.5 Å². The smallest absolute Gasteiger partial charge is 0.335 e. The van der Waals surface area contributed by atoms with E-state index in [0.717, 1.165) is 16.8 Å². The van der Waals surface area contributed by atoms with Gasteiger partial charge in [-0.05, 0) is 79.9 Å². The molecule has 37 heavy (non-hydrogen) atoms. The molecule has 0 saturated heterocycles. The van der Waals surface area contributed by atoms with Crippen LogP contribution < -0.4 is 20.3 Å². The van der Waals surface area contributed by atoms with Gasteiger partial charge in [0.15, 0.2) is 0 Å². The van der Waals surface area contributed by atoms with E-state index < -0.39 is 5.97 Å². The molecule has 8 nitrogen and oxygen atoms in total. The molecule has 3 N–H and O–H groups in total. The van der Waals surface area contributed by atoms with Gasteiger partial charge < -0.3 is 25.4 Å². The van der Waals surface area contributed by atoms with Crippen molar-refractivity contribution in [3.8, 4) is 5.75 Å². The molecule has 8 heteroatoms. The predicted molar refractivity (Wildman–Crippen MR) is 146 cm³/mol. The maximum absolute atomic E-state index is 13.0. The summed E-state index contributed by atoms with van der Waals surface area (Å²) >= 11 is 0. The van der Waals surface area contributed by atoms with Crippen molar-refractivity contribution < 1.29 is 24.2 Å². The summed E-state index contributed by atoms with van der Waals surface area (Å²) in [5, 5.41) is 14.7. The number of carbonyl (C=O) groups excluding carboxylic acids is 2. The van der Waals surface area contributed by atoms with Crippen LogP contribution in [0.1, 0.15) is 34.3 Å². The Balaban J connectivity index is 1.69. The lowest BCUT2D eigenvalue weighted by atomic mass is 10.1. The second-order valence-electron chi connectivity index (χ2n) is 8.44. The Morgan fingerprint density at radius 1 is 0.946 bits per heavy atom. The number of benzene rings is 3. The highest BCUT2D eigenvalue weighted by Gasteiger charge is 2.17. The summed E-state index contributed by atoms with van der Waals surface area (Å²) in [6.45, 7) is 7.97. The van der Waals surface area contributed by atoms with Crippen LogP contribution >= 0.6 is 0 Å². The minimum Gasteiger partial charge on any atom is -0.492 e. The first kappa shape index (κ1) is 27.0. The molecule has 3 amide bonds. The number of ether oxygens (including phenoxy) is 1. The normalized spacial score (nSPS) is 10.3. The van der Waals surface area contributed by atoms with Crippen molar-refractivity contribution in [2.24, 2.45) is 0 Å². The Morgan fingerprint density at radius 3 is 2.24 bits per heavy atom. The topological polar surface area (TPSA) is 108 Å².